The highest BCUT2D eigenvalue weighted by Crippen LogP contribution is 2.22. The fourth-order valence-corrected chi connectivity index (χ4v) is 3.46. The molecule has 1 saturated heterocycles. The Morgan fingerprint density at radius 3 is 2.29 bits per heavy atom. The van der Waals surface area contributed by atoms with Crippen LogP contribution in [-0.4, -0.2) is 60.6 Å². The van der Waals surface area contributed by atoms with Crippen LogP contribution in [0, 0.1) is 5.92 Å². The normalized spacial score (nSPS) is 21.3. The molecule has 1 fully saturated rings. The third-order valence-corrected chi connectivity index (χ3v) is 5.42. The van der Waals surface area contributed by atoms with Crippen molar-refractivity contribution < 1.29 is 0 Å². The molecule has 0 aromatic rings. The maximum Gasteiger partial charge on any atom is 0.0151 e. The second-order valence-corrected chi connectivity index (χ2v) is 8.25. The van der Waals surface area contributed by atoms with Gasteiger partial charge in [-0.1, -0.05) is 13.8 Å². The van der Waals surface area contributed by atoms with E-state index in [1.54, 1.807) is 0 Å². The molecule has 3 nitrogen and oxygen atoms in total. The SMILES string of the molecule is CCC(C)(C)N1CCCN(CC(C)CC(C)(C)NC)CC1. The molecule has 1 unspecified atom stereocenters. The average molecular weight is 298 g/mol. The van der Waals surface area contributed by atoms with Gasteiger partial charge in [-0.3, -0.25) is 4.90 Å². The second-order valence-electron chi connectivity index (χ2n) is 8.25. The van der Waals surface area contributed by atoms with Crippen LogP contribution >= 0.6 is 0 Å². The van der Waals surface area contributed by atoms with Gasteiger partial charge in [-0.2, -0.15) is 0 Å². The Morgan fingerprint density at radius 1 is 1.05 bits per heavy atom. The number of nitrogens with zero attached hydrogens (tertiary/aromatic N) is 2. The van der Waals surface area contributed by atoms with Crippen LogP contribution in [0.3, 0.4) is 0 Å². The molecule has 1 rings (SSSR count). The van der Waals surface area contributed by atoms with Gasteiger partial charge in [0.2, 0.25) is 0 Å². The van der Waals surface area contributed by atoms with Crippen molar-refractivity contribution in [3.63, 3.8) is 0 Å². The van der Waals surface area contributed by atoms with E-state index in [1.807, 2.05) is 0 Å². The number of nitrogens with one attached hydrogen (secondary N) is 1. The van der Waals surface area contributed by atoms with Crippen LogP contribution < -0.4 is 5.32 Å². The highest BCUT2D eigenvalue weighted by molar-refractivity contribution is 4.84. The smallest absolute Gasteiger partial charge is 0.0151 e. The van der Waals surface area contributed by atoms with E-state index in [2.05, 4.69) is 63.7 Å². The largest absolute Gasteiger partial charge is 0.315 e. The minimum absolute atomic E-state index is 0.251. The van der Waals surface area contributed by atoms with E-state index < -0.39 is 0 Å². The van der Waals surface area contributed by atoms with Crippen molar-refractivity contribution in [1.82, 2.24) is 15.1 Å². The van der Waals surface area contributed by atoms with Crippen molar-refractivity contribution in [3.8, 4) is 0 Å². The Morgan fingerprint density at radius 2 is 1.71 bits per heavy atom. The minimum Gasteiger partial charge on any atom is -0.315 e. The van der Waals surface area contributed by atoms with E-state index in [1.165, 1.54) is 52.0 Å². The molecule has 0 aromatic carbocycles. The Labute approximate surface area is 133 Å². The predicted molar refractivity (Wildman–Crippen MR) is 93.9 cm³/mol. The summed E-state index contributed by atoms with van der Waals surface area (Å²) in [6.07, 6.45) is 3.79. The lowest BCUT2D eigenvalue weighted by molar-refractivity contribution is 0.118. The molecular formula is C18H39N3. The molecule has 3 heteroatoms. The van der Waals surface area contributed by atoms with Crippen molar-refractivity contribution in [3.05, 3.63) is 0 Å². The molecule has 1 aliphatic rings. The third-order valence-electron chi connectivity index (χ3n) is 5.42. The number of hydrogen-bond acceptors (Lipinski definition) is 3. The Bertz CT molecular complexity index is 299. The van der Waals surface area contributed by atoms with Crippen LogP contribution in [0.25, 0.3) is 0 Å². The van der Waals surface area contributed by atoms with Gasteiger partial charge < -0.3 is 10.2 Å². The van der Waals surface area contributed by atoms with Crippen LogP contribution in [0.2, 0.25) is 0 Å². The number of rotatable bonds is 7. The highest BCUT2D eigenvalue weighted by atomic mass is 15.2. The maximum atomic E-state index is 3.43. The average Bonchev–Trinajstić information content (AvgIpc) is 2.64. The lowest BCUT2D eigenvalue weighted by Crippen LogP contribution is -2.45. The maximum absolute atomic E-state index is 3.43. The van der Waals surface area contributed by atoms with Gasteiger partial charge >= 0.3 is 0 Å². The van der Waals surface area contributed by atoms with E-state index in [4.69, 9.17) is 0 Å². The summed E-state index contributed by atoms with van der Waals surface area (Å²) in [7, 11) is 2.07. The summed E-state index contributed by atoms with van der Waals surface area (Å²) in [4.78, 5) is 5.37. The van der Waals surface area contributed by atoms with Crippen LogP contribution in [0.4, 0.5) is 0 Å². The first kappa shape index (κ1) is 18.9. The monoisotopic (exact) mass is 297 g/mol. The first-order chi connectivity index (χ1) is 9.70. The van der Waals surface area contributed by atoms with Gasteiger partial charge in [-0.15, -0.1) is 0 Å². The quantitative estimate of drug-likeness (QED) is 0.778. The zero-order valence-electron chi connectivity index (χ0n) is 15.6. The first-order valence-electron chi connectivity index (χ1n) is 8.86. The molecule has 0 aromatic heterocycles. The molecule has 1 N–H and O–H groups in total. The van der Waals surface area contributed by atoms with Crippen LogP contribution in [0.1, 0.15) is 60.8 Å². The molecule has 0 bridgehead atoms. The first-order valence-corrected chi connectivity index (χ1v) is 8.86. The molecule has 1 heterocycles. The van der Waals surface area contributed by atoms with Crippen LogP contribution in [0.15, 0.2) is 0 Å². The van der Waals surface area contributed by atoms with E-state index in [-0.39, 0.29) is 5.54 Å². The highest BCUT2D eigenvalue weighted by Gasteiger charge is 2.27. The Hall–Kier alpha value is -0.120. The predicted octanol–water partition coefficient (Wildman–Crippen LogP) is 3.21. The van der Waals surface area contributed by atoms with Crippen molar-refractivity contribution in [1.29, 1.82) is 0 Å². The van der Waals surface area contributed by atoms with Gasteiger partial charge in [0, 0.05) is 30.7 Å². The van der Waals surface area contributed by atoms with Gasteiger partial charge in [0.1, 0.15) is 0 Å². The van der Waals surface area contributed by atoms with Crippen LogP contribution in [0.5, 0.6) is 0 Å². The molecule has 0 aliphatic carbocycles. The summed E-state index contributed by atoms with van der Waals surface area (Å²) in [5.74, 6) is 0.748. The number of hydrogen-bond donors (Lipinski definition) is 1. The standard InChI is InChI=1S/C18H39N3/c1-8-18(5,6)21-11-9-10-20(12-13-21)15-16(2)14-17(3,4)19-7/h16,19H,8-15H2,1-7H3. The van der Waals surface area contributed by atoms with Gasteiger partial charge in [0.25, 0.3) is 0 Å². The Kier molecular flexibility index (Phi) is 7.15. The molecule has 0 saturated carbocycles. The van der Waals surface area contributed by atoms with Crippen molar-refractivity contribution >= 4 is 0 Å². The van der Waals surface area contributed by atoms with E-state index >= 15 is 0 Å². The summed E-state index contributed by atoms with van der Waals surface area (Å²) in [6.45, 7) is 20.3. The van der Waals surface area contributed by atoms with E-state index in [0.717, 1.165) is 5.92 Å². The minimum atomic E-state index is 0.251. The van der Waals surface area contributed by atoms with Gasteiger partial charge in [0.15, 0.2) is 0 Å². The fourth-order valence-electron chi connectivity index (χ4n) is 3.46. The van der Waals surface area contributed by atoms with E-state index in [0.29, 0.717) is 5.54 Å². The Balaban J connectivity index is 2.45. The van der Waals surface area contributed by atoms with Crippen molar-refractivity contribution in [2.45, 2.75) is 71.9 Å². The molecule has 0 radical (unpaired) electrons. The lowest BCUT2D eigenvalue weighted by atomic mass is 9.91. The third kappa shape index (κ3) is 6.25. The van der Waals surface area contributed by atoms with Crippen molar-refractivity contribution in [2.75, 3.05) is 39.8 Å². The zero-order valence-corrected chi connectivity index (χ0v) is 15.6. The molecule has 1 atom stereocenters. The summed E-state index contributed by atoms with van der Waals surface area (Å²) >= 11 is 0. The van der Waals surface area contributed by atoms with E-state index in [9.17, 15) is 0 Å². The van der Waals surface area contributed by atoms with Gasteiger partial charge in [-0.25, -0.2) is 0 Å². The molecule has 21 heavy (non-hydrogen) atoms. The molecular weight excluding hydrogens is 258 g/mol. The lowest BCUT2D eigenvalue weighted by Gasteiger charge is -2.37. The summed E-state index contributed by atoms with van der Waals surface area (Å²) < 4.78 is 0. The molecule has 0 amide bonds. The summed E-state index contributed by atoms with van der Waals surface area (Å²) in [5, 5.41) is 3.43. The topological polar surface area (TPSA) is 18.5 Å². The molecule has 0 spiro atoms. The zero-order chi connectivity index (χ0) is 16.1. The summed E-state index contributed by atoms with van der Waals surface area (Å²) in [5.41, 5.74) is 0.608. The summed E-state index contributed by atoms with van der Waals surface area (Å²) in [6, 6.07) is 0. The van der Waals surface area contributed by atoms with Gasteiger partial charge in [0.05, 0.1) is 0 Å². The second kappa shape index (κ2) is 7.94. The fraction of sp³-hybridized carbons (Fsp3) is 1.00. The van der Waals surface area contributed by atoms with Crippen molar-refractivity contribution in [2.24, 2.45) is 5.92 Å². The molecule has 1 aliphatic heterocycles. The van der Waals surface area contributed by atoms with Gasteiger partial charge in [-0.05, 0) is 73.0 Å². The molecule has 126 valence electrons. The van der Waals surface area contributed by atoms with Crippen LogP contribution in [-0.2, 0) is 0 Å².